The molecule has 26 heavy (non-hydrogen) atoms. The molecule has 0 aliphatic heterocycles. The molecule has 0 saturated heterocycles. The second-order valence-corrected chi connectivity index (χ2v) is 6.92. The summed E-state index contributed by atoms with van der Waals surface area (Å²) in [4.78, 5) is 24.8. The highest BCUT2D eigenvalue weighted by molar-refractivity contribution is 6.31. The van der Waals surface area contributed by atoms with E-state index in [4.69, 9.17) is 16.0 Å². The van der Waals surface area contributed by atoms with Gasteiger partial charge in [0.05, 0.1) is 0 Å². The average molecular weight is 369 g/mol. The Kier molecular flexibility index (Phi) is 4.17. The van der Waals surface area contributed by atoms with Gasteiger partial charge in [-0.15, -0.1) is 0 Å². The van der Waals surface area contributed by atoms with Gasteiger partial charge in [0.1, 0.15) is 5.58 Å². The van der Waals surface area contributed by atoms with Gasteiger partial charge in [-0.3, -0.25) is 9.59 Å². The fourth-order valence-corrected chi connectivity index (χ4v) is 3.00. The summed E-state index contributed by atoms with van der Waals surface area (Å²) in [6.07, 6.45) is 2.05. The van der Waals surface area contributed by atoms with E-state index >= 15 is 0 Å². The monoisotopic (exact) mass is 368 g/mol. The molecule has 6 heteroatoms. The van der Waals surface area contributed by atoms with Crippen molar-refractivity contribution in [2.75, 3.05) is 5.32 Å². The Bertz CT molecular complexity index is 1020. The second-order valence-electron chi connectivity index (χ2n) is 6.48. The number of hydrogen-bond acceptors (Lipinski definition) is 3. The Morgan fingerprint density at radius 2 is 1.92 bits per heavy atom. The maximum Gasteiger partial charge on any atom is 0.291 e. The third kappa shape index (κ3) is 3.30. The molecule has 0 radical (unpaired) electrons. The van der Waals surface area contributed by atoms with E-state index in [0.29, 0.717) is 21.9 Å². The molecule has 5 nitrogen and oxygen atoms in total. The van der Waals surface area contributed by atoms with E-state index in [0.717, 1.165) is 23.8 Å². The smallest absolute Gasteiger partial charge is 0.291 e. The summed E-state index contributed by atoms with van der Waals surface area (Å²) >= 11 is 6.02. The second kappa shape index (κ2) is 6.50. The Morgan fingerprint density at radius 3 is 2.69 bits per heavy atom. The van der Waals surface area contributed by atoms with Crippen molar-refractivity contribution < 1.29 is 14.0 Å². The van der Waals surface area contributed by atoms with Gasteiger partial charge in [0.2, 0.25) is 0 Å². The molecule has 132 valence electrons. The Hall–Kier alpha value is -2.79. The van der Waals surface area contributed by atoms with Gasteiger partial charge in [0.25, 0.3) is 11.8 Å². The number of nitrogens with one attached hydrogen (secondary N) is 2. The highest BCUT2D eigenvalue weighted by Gasteiger charge is 2.24. The fraction of sp³-hybridized carbons (Fsp3) is 0.200. The molecule has 2 aromatic carbocycles. The molecule has 4 rings (SSSR count). The van der Waals surface area contributed by atoms with Crippen molar-refractivity contribution in [2.24, 2.45) is 0 Å². The molecule has 2 N–H and O–H groups in total. The predicted octanol–water partition coefficient (Wildman–Crippen LogP) is 4.54. The summed E-state index contributed by atoms with van der Waals surface area (Å²) in [6.45, 7) is 1.82. The number of rotatable bonds is 4. The summed E-state index contributed by atoms with van der Waals surface area (Å²) in [7, 11) is 0. The summed E-state index contributed by atoms with van der Waals surface area (Å²) in [5.74, 6) is -0.261. The van der Waals surface area contributed by atoms with Crippen molar-refractivity contribution in [1.82, 2.24) is 5.32 Å². The van der Waals surface area contributed by atoms with E-state index in [1.165, 1.54) is 0 Å². The molecule has 0 atom stereocenters. The number of carbonyl (C=O) groups excluding carboxylic acids is 2. The van der Waals surface area contributed by atoms with E-state index in [9.17, 15) is 9.59 Å². The average Bonchev–Trinajstić information content (AvgIpc) is 3.38. The third-order valence-corrected chi connectivity index (χ3v) is 4.63. The Balaban J connectivity index is 1.56. The van der Waals surface area contributed by atoms with Crippen LogP contribution in [0.15, 0.2) is 46.9 Å². The van der Waals surface area contributed by atoms with Crippen LogP contribution in [0.1, 0.15) is 39.3 Å². The number of halogens is 1. The molecule has 0 unspecified atom stereocenters. The normalized spacial score (nSPS) is 13.6. The van der Waals surface area contributed by atoms with Gasteiger partial charge in [-0.1, -0.05) is 17.7 Å². The van der Waals surface area contributed by atoms with Crippen LogP contribution in [-0.2, 0) is 0 Å². The highest BCUT2D eigenvalue weighted by atomic mass is 35.5. The predicted molar refractivity (Wildman–Crippen MR) is 101 cm³/mol. The van der Waals surface area contributed by atoms with Crippen LogP contribution in [0.5, 0.6) is 0 Å². The number of amides is 2. The van der Waals surface area contributed by atoms with Crippen molar-refractivity contribution in [3.63, 3.8) is 0 Å². The molecule has 0 bridgehead atoms. The van der Waals surface area contributed by atoms with Crippen molar-refractivity contribution in [3.8, 4) is 0 Å². The molecule has 3 aromatic rings. The first-order valence-corrected chi connectivity index (χ1v) is 8.80. The van der Waals surface area contributed by atoms with Crippen LogP contribution in [0.25, 0.3) is 11.0 Å². The maximum atomic E-state index is 12.6. The first-order valence-electron chi connectivity index (χ1n) is 8.42. The molecule has 1 fully saturated rings. The van der Waals surface area contributed by atoms with E-state index in [2.05, 4.69) is 10.6 Å². The standard InChI is InChI=1S/C20H17ClN2O3/c1-11-16-10-13(21)5-8-17(16)26-18(11)20(25)23-15-4-2-3-12(9-15)19(24)22-14-6-7-14/h2-5,8-10,14H,6-7H2,1H3,(H,22,24)(H,23,25). The molecular weight excluding hydrogens is 352 g/mol. The van der Waals surface area contributed by atoms with Gasteiger partial charge < -0.3 is 15.1 Å². The van der Waals surface area contributed by atoms with Crippen molar-refractivity contribution in [3.05, 3.63) is 64.4 Å². The lowest BCUT2D eigenvalue weighted by atomic mass is 10.1. The third-order valence-electron chi connectivity index (χ3n) is 4.40. The van der Waals surface area contributed by atoms with Gasteiger partial charge in [0, 0.05) is 33.3 Å². The van der Waals surface area contributed by atoms with Gasteiger partial charge in [0.15, 0.2) is 5.76 Å². The molecule has 1 aliphatic rings. The van der Waals surface area contributed by atoms with Crippen LogP contribution >= 0.6 is 11.6 Å². The minimum atomic E-state index is -0.366. The zero-order chi connectivity index (χ0) is 18.3. The summed E-state index contributed by atoms with van der Waals surface area (Å²) in [5.41, 5.74) is 2.39. The number of fused-ring (bicyclic) bond motifs is 1. The van der Waals surface area contributed by atoms with Crippen LogP contribution < -0.4 is 10.6 Å². The number of benzene rings is 2. The van der Waals surface area contributed by atoms with Crippen LogP contribution in [0, 0.1) is 6.92 Å². The number of hydrogen-bond donors (Lipinski definition) is 2. The lowest BCUT2D eigenvalue weighted by Crippen LogP contribution is -2.25. The minimum Gasteiger partial charge on any atom is -0.451 e. The first-order chi connectivity index (χ1) is 12.5. The first kappa shape index (κ1) is 16.7. The van der Waals surface area contributed by atoms with E-state index < -0.39 is 0 Å². The largest absolute Gasteiger partial charge is 0.451 e. The number of carbonyl (C=O) groups is 2. The van der Waals surface area contributed by atoms with E-state index in [1.807, 2.05) is 6.92 Å². The molecule has 1 saturated carbocycles. The SMILES string of the molecule is Cc1c(C(=O)Nc2cccc(C(=O)NC3CC3)c2)oc2ccc(Cl)cc12. The Morgan fingerprint density at radius 1 is 1.12 bits per heavy atom. The number of anilines is 1. The number of aryl methyl sites for hydroxylation is 1. The van der Waals surface area contributed by atoms with Crippen molar-refractivity contribution in [2.45, 2.75) is 25.8 Å². The minimum absolute atomic E-state index is 0.127. The van der Waals surface area contributed by atoms with Crippen molar-refractivity contribution in [1.29, 1.82) is 0 Å². The van der Waals surface area contributed by atoms with Gasteiger partial charge in [-0.2, -0.15) is 0 Å². The fourth-order valence-electron chi connectivity index (χ4n) is 2.83. The zero-order valence-electron chi connectivity index (χ0n) is 14.1. The molecular formula is C20H17ClN2O3. The summed E-state index contributed by atoms with van der Waals surface area (Å²) in [6, 6.07) is 12.4. The van der Waals surface area contributed by atoms with Crippen LogP contribution in [-0.4, -0.2) is 17.9 Å². The zero-order valence-corrected chi connectivity index (χ0v) is 14.9. The lowest BCUT2D eigenvalue weighted by Gasteiger charge is -2.07. The van der Waals surface area contributed by atoms with Gasteiger partial charge in [-0.05, 0) is 56.2 Å². The molecule has 0 spiro atoms. The molecule has 1 heterocycles. The molecule has 2 amide bonds. The summed E-state index contributed by atoms with van der Waals surface area (Å²) < 4.78 is 5.68. The van der Waals surface area contributed by atoms with Gasteiger partial charge in [-0.25, -0.2) is 0 Å². The maximum absolute atomic E-state index is 12.6. The van der Waals surface area contributed by atoms with E-state index in [-0.39, 0.29) is 23.6 Å². The van der Waals surface area contributed by atoms with Gasteiger partial charge >= 0.3 is 0 Å². The van der Waals surface area contributed by atoms with E-state index in [1.54, 1.807) is 42.5 Å². The van der Waals surface area contributed by atoms with Crippen molar-refractivity contribution >= 4 is 40.1 Å². The Labute approximate surface area is 155 Å². The topological polar surface area (TPSA) is 71.3 Å². The quantitative estimate of drug-likeness (QED) is 0.710. The highest BCUT2D eigenvalue weighted by Crippen LogP contribution is 2.28. The van der Waals surface area contributed by atoms with Crippen LogP contribution in [0.2, 0.25) is 5.02 Å². The van der Waals surface area contributed by atoms with Crippen LogP contribution in [0.4, 0.5) is 5.69 Å². The molecule has 1 aromatic heterocycles. The molecule has 1 aliphatic carbocycles. The van der Waals surface area contributed by atoms with Crippen LogP contribution in [0.3, 0.4) is 0 Å². The number of furan rings is 1. The summed E-state index contributed by atoms with van der Waals surface area (Å²) in [5, 5.41) is 7.12. The lowest BCUT2D eigenvalue weighted by molar-refractivity contribution is 0.0949.